The molecule has 1 aromatic rings. The van der Waals surface area contributed by atoms with Gasteiger partial charge in [0.1, 0.15) is 0 Å². The Kier molecular flexibility index (Phi) is 2.77. The van der Waals surface area contributed by atoms with Crippen LogP contribution in [0.2, 0.25) is 0 Å². The molecule has 1 aromatic heterocycles. The van der Waals surface area contributed by atoms with Crippen LogP contribution in [0.1, 0.15) is 12.0 Å². The SMILES string of the molecule is CN1CCC=C(c2cnoc2N(C)C)C1. The van der Waals surface area contributed by atoms with Crippen molar-refractivity contribution in [3.63, 3.8) is 0 Å². The Balaban J connectivity index is 2.29. The molecule has 4 nitrogen and oxygen atoms in total. The van der Waals surface area contributed by atoms with Gasteiger partial charge in [0.15, 0.2) is 0 Å². The van der Waals surface area contributed by atoms with Gasteiger partial charge in [-0.25, -0.2) is 0 Å². The van der Waals surface area contributed by atoms with Gasteiger partial charge in [-0.2, -0.15) is 0 Å². The highest BCUT2D eigenvalue weighted by Crippen LogP contribution is 2.28. The van der Waals surface area contributed by atoms with Crippen LogP contribution >= 0.6 is 0 Å². The topological polar surface area (TPSA) is 32.5 Å². The van der Waals surface area contributed by atoms with Crippen LogP contribution in [0.3, 0.4) is 0 Å². The zero-order valence-electron chi connectivity index (χ0n) is 9.53. The number of aromatic nitrogens is 1. The molecule has 4 heteroatoms. The van der Waals surface area contributed by atoms with E-state index in [1.807, 2.05) is 19.0 Å². The lowest BCUT2D eigenvalue weighted by Crippen LogP contribution is -2.25. The lowest BCUT2D eigenvalue weighted by atomic mass is 10.0. The number of nitrogens with zero attached hydrogens (tertiary/aromatic N) is 3. The number of rotatable bonds is 2. The minimum absolute atomic E-state index is 0.844. The largest absolute Gasteiger partial charge is 0.346 e. The molecule has 15 heavy (non-hydrogen) atoms. The minimum atomic E-state index is 0.844. The fourth-order valence-electron chi connectivity index (χ4n) is 1.86. The van der Waals surface area contributed by atoms with Gasteiger partial charge in [-0.3, -0.25) is 0 Å². The van der Waals surface area contributed by atoms with Gasteiger partial charge in [0, 0.05) is 27.2 Å². The summed E-state index contributed by atoms with van der Waals surface area (Å²) in [6.07, 6.45) is 5.18. The Morgan fingerprint density at radius 3 is 2.93 bits per heavy atom. The molecule has 0 bridgehead atoms. The van der Waals surface area contributed by atoms with E-state index in [9.17, 15) is 0 Å². The first kappa shape index (κ1) is 10.2. The molecule has 0 N–H and O–H groups in total. The Morgan fingerprint density at radius 1 is 1.47 bits per heavy atom. The number of hydrogen-bond donors (Lipinski definition) is 0. The molecule has 0 fully saturated rings. The predicted octanol–water partition coefficient (Wildman–Crippen LogP) is 1.46. The van der Waals surface area contributed by atoms with Gasteiger partial charge in [-0.1, -0.05) is 11.2 Å². The normalized spacial score (nSPS) is 17.7. The summed E-state index contributed by atoms with van der Waals surface area (Å²) in [4.78, 5) is 4.26. The molecule has 1 aliphatic rings. The maximum atomic E-state index is 5.23. The zero-order valence-corrected chi connectivity index (χ0v) is 9.53. The standard InChI is InChI=1S/C11H17N3O/c1-13(2)11-10(7-12-15-11)9-5-4-6-14(3)8-9/h5,7H,4,6,8H2,1-3H3. The molecule has 2 rings (SSSR count). The highest BCUT2D eigenvalue weighted by Gasteiger charge is 2.17. The molecule has 0 unspecified atom stereocenters. The lowest BCUT2D eigenvalue weighted by Gasteiger charge is -2.23. The van der Waals surface area contributed by atoms with E-state index in [1.54, 1.807) is 6.20 Å². The smallest absolute Gasteiger partial charge is 0.234 e. The van der Waals surface area contributed by atoms with E-state index in [1.165, 1.54) is 5.57 Å². The first-order chi connectivity index (χ1) is 7.18. The fraction of sp³-hybridized carbons (Fsp3) is 0.545. The van der Waals surface area contributed by atoms with Gasteiger partial charge >= 0.3 is 0 Å². The van der Waals surface area contributed by atoms with Crippen molar-refractivity contribution in [1.82, 2.24) is 10.1 Å². The third kappa shape index (κ3) is 2.04. The van der Waals surface area contributed by atoms with Crippen molar-refractivity contribution in [1.29, 1.82) is 0 Å². The highest BCUT2D eigenvalue weighted by atomic mass is 16.5. The Hall–Kier alpha value is -1.29. The van der Waals surface area contributed by atoms with Gasteiger partial charge in [-0.15, -0.1) is 0 Å². The van der Waals surface area contributed by atoms with Crippen LogP contribution in [0.15, 0.2) is 16.8 Å². The second kappa shape index (κ2) is 4.06. The van der Waals surface area contributed by atoms with E-state index in [2.05, 4.69) is 23.2 Å². The summed E-state index contributed by atoms with van der Waals surface area (Å²) in [6, 6.07) is 0. The van der Waals surface area contributed by atoms with Gasteiger partial charge in [0.2, 0.25) is 5.88 Å². The maximum Gasteiger partial charge on any atom is 0.234 e. The summed E-state index contributed by atoms with van der Waals surface area (Å²) in [5.74, 6) is 0.844. The summed E-state index contributed by atoms with van der Waals surface area (Å²) in [7, 11) is 6.07. The molecular weight excluding hydrogens is 190 g/mol. The lowest BCUT2D eigenvalue weighted by molar-refractivity contribution is 0.372. The summed E-state index contributed by atoms with van der Waals surface area (Å²) < 4.78 is 5.23. The predicted molar refractivity (Wildman–Crippen MR) is 60.9 cm³/mol. The van der Waals surface area contributed by atoms with Crippen molar-refractivity contribution in [2.75, 3.05) is 39.1 Å². The number of likely N-dealkylation sites (N-methyl/N-ethyl adjacent to an activating group) is 1. The van der Waals surface area contributed by atoms with Crippen molar-refractivity contribution in [3.8, 4) is 0 Å². The van der Waals surface area contributed by atoms with Crippen molar-refractivity contribution >= 4 is 11.5 Å². The average Bonchev–Trinajstić information content (AvgIpc) is 2.65. The summed E-state index contributed by atoms with van der Waals surface area (Å²) in [5.41, 5.74) is 2.43. The minimum Gasteiger partial charge on any atom is -0.346 e. The number of anilines is 1. The third-order valence-electron chi connectivity index (χ3n) is 2.65. The van der Waals surface area contributed by atoms with Crippen LogP contribution in [0.4, 0.5) is 5.88 Å². The molecule has 0 aromatic carbocycles. The highest BCUT2D eigenvalue weighted by molar-refractivity contribution is 5.74. The van der Waals surface area contributed by atoms with Gasteiger partial charge in [-0.05, 0) is 19.0 Å². The summed E-state index contributed by atoms with van der Waals surface area (Å²) in [6.45, 7) is 2.11. The molecule has 1 aliphatic heterocycles. The van der Waals surface area contributed by atoms with Gasteiger partial charge in [0.05, 0.1) is 11.8 Å². The number of hydrogen-bond acceptors (Lipinski definition) is 4. The molecule has 0 aliphatic carbocycles. The van der Waals surface area contributed by atoms with E-state index >= 15 is 0 Å². The van der Waals surface area contributed by atoms with E-state index in [0.717, 1.165) is 31.0 Å². The van der Waals surface area contributed by atoms with Crippen molar-refractivity contribution in [2.45, 2.75) is 6.42 Å². The van der Waals surface area contributed by atoms with Gasteiger partial charge < -0.3 is 14.3 Å². The molecule has 0 saturated heterocycles. The van der Waals surface area contributed by atoms with Crippen LogP contribution in [0, 0.1) is 0 Å². The summed E-state index contributed by atoms with van der Waals surface area (Å²) in [5, 5.41) is 3.87. The average molecular weight is 207 g/mol. The first-order valence-corrected chi connectivity index (χ1v) is 5.18. The van der Waals surface area contributed by atoms with Gasteiger partial charge in [0.25, 0.3) is 0 Å². The summed E-state index contributed by atoms with van der Waals surface area (Å²) >= 11 is 0. The van der Waals surface area contributed by atoms with Crippen molar-refractivity contribution < 1.29 is 4.52 Å². The molecule has 82 valence electrons. The molecule has 0 spiro atoms. The van der Waals surface area contributed by atoms with E-state index in [-0.39, 0.29) is 0 Å². The Labute approximate surface area is 90.1 Å². The van der Waals surface area contributed by atoms with Crippen LogP contribution in [-0.2, 0) is 0 Å². The first-order valence-electron chi connectivity index (χ1n) is 5.18. The molecular formula is C11H17N3O. The van der Waals surface area contributed by atoms with Crippen LogP contribution in [-0.4, -0.2) is 44.3 Å². The van der Waals surface area contributed by atoms with E-state index in [0.29, 0.717) is 0 Å². The fourth-order valence-corrected chi connectivity index (χ4v) is 1.86. The maximum absolute atomic E-state index is 5.23. The van der Waals surface area contributed by atoms with Crippen LogP contribution in [0.25, 0.3) is 5.57 Å². The zero-order chi connectivity index (χ0) is 10.8. The third-order valence-corrected chi connectivity index (χ3v) is 2.65. The van der Waals surface area contributed by atoms with Crippen molar-refractivity contribution in [3.05, 3.63) is 17.8 Å². The molecule has 0 saturated carbocycles. The second-order valence-corrected chi connectivity index (χ2v) is 4.19. The van der Waals surface area contributed by atoms with E-state index < -0.39 is 0 Å². The Bertz CT molecular complexity index is 368. The molecule has 0 amide bonds. The monoisotopic (exact) mass is 207 g/mol. The Morgan fingerprint density at radius 2 is 2.27 bits per heavy atom. The van der Waals surface area contributed by atoms with Crippen LogP contribution in [0.5, 0.6) is 0 Å². The van der Waals surface area contributed by atoms with Crippen LogP contribution < -0.4 is 4.90 Å². The quantitative estimate of drug-likeness (QED) is 0.735. The molecule has 0 atom stereocenters. The van der Waals surface area contributed by atoms with E-state index in [4.69, 9.17) is 4.52 Å². The van der Waals surface area contributed by atoms with Crippen molar-refractivity contribution in [2.24, 2.45) is 0 Å². The molecule has 2 heterocycles. The molecule has 0 radical (unpaired) electrons. The second-order valence-electron chi connectivity index (χ2n) is 4.19.